The topological polar surface area (TPSA) is 82.3 Å². The molecule has 0 N–H and O–H groups in total. The fourth-order valence-corrected chi connectivity index (χ4v) is 1.18. The number of nitro groups is 1. The lowest BCUT2D eigenvalue weighted by Crippen LogP contribution is -2.18. The Labute approximate surface area is 102 Å². The van der Waals surface area contributed by atoms with E-state index in [4.69, 9.17) is 11.6 Å². The highest BCUT2D eigenvalue weighted by Gasteiger charge is 2.34. The van der Waals surface area contributed by atoms with Crippen molar-refractivity contribution >= 4 is 22.7 Å². The van der Waals surface area contributed by atoms with Crippen LogP contribution in [0.4, 0.5) is 19.0 Å². The van der Waals surface area contributed by atoms with Gasteiger partial charge in [0.15, 0.2) is 0 Å². The van der Waals surface area contributed by atoms with E-state index in [1.165, 1.54) is 0 Å². The molecule has 18 heavy (non-hydrogen) atoms. The van der Waals surface area contributed by atoms with Crippen LogP contribution < -0.4 is 4.74 Å². The number of nitrogens with zero attached hydrogens (tertiary/aromatic N) is 2. The number of ether oxygens (including phenoxy) is 1. The Balaban J connectivity index is 3.40. The fraction of sp³-hybridized carbons (Fsp3) is 0.250. The van der Waals surface area contributed by atoms with Crippen LogP contribution >= 0.6 is 11.6 Å². The third-order valence-corrected chi connectivity index (χ3v) is 1.99. The van der Waals surface area contributed by atoms with Gasteiger partial charge >= 0.3 is 12.2 Å². The molecule has 10 heteroatoms. The molecule has 6 nitrogen and oxygen atoms in total. The van der Waals surface area contributed by atoms with Crippen LogP contribution in [-0.4, -0.2) is 21.5 Å². The number of pyridine rings is 1. The smallest absolute Gasteiger partial charge is 0.405 e. The number of aromatic nitrogens is 1. The van der Waals surface area contributed by atoms with Gasteiger partial charge in [-0.05, 0) is 28.4 Å². The van der Waals surface area contributed by atoms with Crippen molar-refractivity contribution in [3.8, 4) is 5.75 Å². The third-order valence-electron chi connectivity index (χ3n) is 1.80. The average Bonchev–Trinajstić information content (AvgIpc) is 2.18. The van der Waals surface area contributed by atoms with Crippen LogP contribution in [0.1, 0.15) is 16.1 Å². The predicted octanol–water partition coefficient (Wildman–Crippen LogP) is 2.58. The number of carbonyl (C=O) groups excluding carboxylic acids is 1. The number of carbonyl (C=O) groups is 1. The molecule has 0 aliphatic rings. The lowest BCUT2D eigenvalue weighted by Gasteiger charge is -2.10. The maximum absolute atomic E-state index is 12.1. The van der Waals surface area contributed by atoms with Gasteiger partial charge in [-0.25, -0.2) is 0 Å². The molecule has 0 saturated carbocycles. The summed E-state index contributed by atoms with van der Waals surface area (Å²) in [5.74, 6) is -1.83. The summed E-state index contributed by atoms with van der Waals surface area (Å²) in [5.41, 5.74) is -1.16. The lowest BCUT2D eigenvalue weighted by molar-refractivity contribution is -0.390. The largest absolute Gasteiger partial charge is 0.573 e. The summed E-state index contributed by atoms with van der Waals surface area (Å²) in [6.07, 6.45) is -5.05. The second kappa shape index (κ2) is 4.77. The Morgan fingerprint density at radius 3 is 2.50 bits per heavy atom. The van der Waals surface area contributed by atoms with Crippen LogP contribution in [0, 0.1) is 17.0 Å². The van der Waals surface area contributed by atoms with Crippen LogP contribution in [0.2, 0.25) is 0 Å². The quantitative estimate of drug-likeness (QED) is 0.484. The van der Waals surface area contributed by atoms with Gasteiger partial charge in [-0.15, -0.1) is 13.2 Å². The van der Waals surface area contributed by atoms with E-state index in [0.717, 1.165) is 6.92 Å². The van der Waals surface area contributed by atoms with Gasteiger partial charge in [0, 0.05) is 6.07 Å². The van der Waals surface area contributed by atoms with Crippen LogP contribution in [0.15, 0.2) is 6.07 Å². The van der Waals surface area contributed by atoms with E-state index >= 15 is 0 Å². The Hall–Kier alpha value is -1.90. The van der Waals surface area contributed by atoms with Crippen molar-refractivity contribution in [3.05, 3.63) is 27.4 Å². The van der Waals surface area contributed by atoms with Crippen LogP contribution in [-0.2, 0) is 0 Å². The van der Waals surface area contributed by atoms with E-state index in [9.17, 15) is 28.1 Å². The van der Waals surface area contributed by atoms with Gasteiger partial charge in [-0.1, -0.05) is 0 Å². The molecule has 98 valence electrons. The summed E-state index contributed by atoms with van der Waals surface area (Å²) in [6, 6.07) is 0.588. The van der Waals surface area contributed by atoms with E-state index < -0.39 is 39.4 Å². The van der Waals surface area contributed by atoms with Crippen LogP contribution in [0.3, 0.4) is 0 Å². The molecule has 0 bridgehead atoms. The first-order valence-electron chi connectivity index (χ1n) is 4.23. The van der Waals surface area contributed by atoms with Crippen molar-refractivity contribution < 1.29 is 27.6 Å². The summed E-state index contributed by atoms with van der Waals surface area (Å²) >= 11 is 5.01. The molecule has 1 heterocycles. The highest BCUT2D eigenvalue weighted by molar-refractivity contribution is 6.67. The van der Waals surface area contributed by atoms with E-state index in [2.05, 4.69) is 9.72 Å². The number of rotatable bonds is 3. The molecule has 0 saturated heterocycles. The SMILES string of the molecule is Cc1c(OC(F)(F)F)cc(C(=O)Cl)nc1[N+](=O)[O-]. The minimum Gasteiger partial charge on any atom is -0.405 e. The zero-order valence-electron chi connectivity index (χ0n) is 8.62. The molecule has 0 aromatic carbocycles. The Kier molecular flexibility index (Phi) is 3.75. The van der Waals surface area contributed by atoms with Crippen molar-refractivity contribution in [1.82, 2.24) is 4.98 Å². The third kappa shape index (κ3) is 3.29. The highest BCUT2D eigenvalue weighted by Crippen LogP contribution is 2.31. The summed E-state index contributed by atoms with van der Waals surface area (Å²) in [6.45, 7) is 1.01. The van der Waals surface area contributed by atoms with E-state index in [0.29, 0.717) is 6.07 Å². The summed E-state index contributed by atoms with van der Waals surface area (Å²) in [4.78, 5) is 23.6. The lowest BCUT2D eigenvalue weighted by atomic mass is 10.2. The zero-order chi connectivity index (χ0) is 14.1. The Morgan fingerprint density at radius 1 is 1.56 bits per heavy atom. The molecular weight excluding hydrogens is 281 g/mol. The molecule has 0 amide bonds. The van der Waals surface area contributed by atoms with Gasteiger partial charge in [-0.2, -0.15) is 0 Å². The zero-order valence-corrected chi connectivity index (χ0v) is 9.37. The fourth-order valence-electron chi connectivity index (χ4n) is 1.08. The molecule has 0 aliphatic heterocycles. The highest BCUT2D eigenvalue weighted by atomic mass is 35.5. The first-order valence-corrected chi connectivity index (χ1v) is 4.61. The first kappa shape index (κ1) is 14.2. The molecule has 1 aromatic heterocycles. The van der Waals surface area contributed by atoms with Gasteiger partial charge in [0.25, 0.3) is 5.24 Å². The molecule has 1 rings (SSSR count). The minimum atomic E-state index is -5.05. The maximum atomic E-state index is 12.1. The minimum absolute atomic E-state index is 0.459. The Bertz CT molecular complexity index is 518. The molecule has 0 spiro atoms. The molecule has 0 radical (unpaired) electrons. The maximum Gasteiger partial charge on any atom is 0.573 e. The van der Waals surface area contributed by atoms with Crippen molar-refractivity contribution in [2.24, 2.45) is 0 Å². The summed E-state index contributed by atoms with van der Waals surface area (Å²) < 4.78 is 39.7. The number of hydrogen-bond acceptors (Lipinski definition) is 5. The van der Waals surface area contributed by atoms with Crippen molar-refractivity contribution in [1.29, 1.82) is 0 Å². The van der Waals surface area contributed by atoms with Gasteiger partial charge in [0.1, 0.15) is 5.75 Å². The van der Waals surface area contributed by atoms with Gasteiger partial charge in [-0.3, -0.25) is 4.79 Å². The average molecular weight is 285 g/mol. The van der Waals surface area contributed by atoms with E-state index in [1.807, 2.05) is 0 Å². The first-order chi connectivity index (χ1) is 8.11. The monoisotopic (exact) mass is 284 g/mol. The van der Waals surface area contributed by atoms with Crippen LogP contribution in [0.25, 0.3) is 0 Å². The number of halogens is 4. The molecule has 0 unspecified atom stereocenters. The second-order valence-electron chi connectivity index (χ2n) is 3.03. The van der Waals surface area contributed by atoms with Crippen molar-refractivity contribution in [2.45, 2.75) is 13.3 Å². The standard InChI is InChI=1S/C8H4ClF3N2O4/c1-3-5(18-8(10,11)12)2-4(6(9)15)13-7(3)14(16)17/h2H,1H3. The predicted molar refractivity (Wildman–Crippen MR) is 52.5 cm³/mol. The number of alkyl halides is 3. The summed E-state index contributed by atoms with van der Waals surface area (Å²) in [5, 5.41) is 9.33. The second-order valence-corrected chi connectivity index (χ2v) is 3.38. The van der Waals surface area contributed by atoms with E-state index in [-0.39, 0.29) is 0 Å². The molecular formula is C8H4ClF3N2O4. The van der Waals surface area contributed by atoms with Crippen LogP contribution in [0.5, 0.6) is 5.75 Å². The van der Waals surface area contributed by atoms with Crippen molar-refractivity contribution in [2.75, 3.05) is 0 Å². The normalized spacial score (nSPS) is 11.2. The molecule has 1 aromatic rings. The van der Waals surface area contributed by atoms with E-state index in [1.54, 1.807) is 0 Å². The van der Waals surface area contributed by atoms with Crippen molar-refractivity contribution in [3.63, 3.8) is 0 Å². The number of hydrogen-bond donors (Lipinski definition) is 0. The molecule has 0 fully saturated rings. The van der Waals surface area contributed by atoms with Gasteiger partial charge in [0.2, 0.25) is 5.69 Å². The van der Waals surface area contributed by atoms with Gasteiger partial charge in [0.05, 0.1) is 5.56 Å². The molecule has 0 atom stereocenters. The van der Waals surface area contributed by atoms with Gasteiger partial charge < -0.3 is 14.9 Å². The molecule has 0 aliphatic carbocycles. The Morgan fingerprint density at radius 2 is 2.11 bits per heavy atom. The summed E-state index contributed by atoms with van der Waals surface area (Å²) in [7, 11) is 0.